The molecule has 3 N–H and O–H groups in total. The van der Waals surface area contributed by atoms with Gasteiger partial charge in [-0.15, -0.1) is 11.3 Å². The molecular weight excluding hydrogens is 416 g/mol. The minimum absolute atomic E-state index is 0.107. The second-order valence-corrected chi connectivity index (χ2v) is 8.40. The van der Waals surface area contributed by atoms with Gasteiger partial charge in [0.15, 0.2) is 16.6 Å². The highest BCUT2D eigenvalue weighted by Gasteiger charge is 2.16. The highest BCUT2D eigenvalue weighted by molar-refractivity contribution is 7.13. The summed E-state index contributed by atoms with van der Waals surface area (Å²) in [5, 5.41) is 11.0. The van der Waals surface area contributed by atoms with Crippen LogP contribution in [0.5, 0.6) is 11.5 Å². The number of urea groups is 1. The summed E-state index contributed by atoms with van der Waals surface area (Å²) in [6.45, 7) is 0.507. The topological polar surface area (TPSA) is 102 Å². The maximum Gasteiger partial charge on any atom is 0.321 e. The number of methoxy groups -OCH3 is 2. The van der Waals surface area contributed by atoms with Gasteiger partial charge in [0.2, 0.25) is 5.91 Å². The van der Waals surface area contributed by atoms with Gasteiger partial charge in [0.25, 0.3) is 0 Å². The molecule has 1 fully saturated rings. The van der Waals surface area contributed by atoms with Crippen molar-refractivity contribution < 1.29 is 19.1 Å². The number of aromatic nitrogens is 1. The van der Waals surface area contributed by atoms with Gasteiger partial charge in [0, 0.05) is 18.0 Å². The van der Waals surface area contributed by atoms with Crippen molar-refractivity contribution in [3.8, 4) is 11.5 Å². The molecule has 0 bridgehead atoms. The number of carbonyl (C=O) groups excluding carboxylic acids is 2. The summed E-state index contributed by atoms with van der Waals surface area (Å²) in [7, 11) is 3.19. The number of thiazole rings is 1. The summed E-state index contributed by atoms with van der Waals surface area (Å²) < 4.78 is 10.5. The Bertz CT molecular complexity index is 880. The normalized spacial score (nSPS) is 14.0. The van der Waals surface area contributed by atoms with Gasteiger partial charge >= 0.3 is 6.03 Å². The Labute approximate surface area is 186 Å². The molecule has 0 spiro atoms. The van der Waals surface area contributed by atoms with Crippen molar-refractivity contribution in [1.29, 1.82) is 0 Å². The zero-order chi connectivity index (χ0) is 22.1. The molecule has 0 aliphatic heterocycles. The number of nitrogens with zero attached hydrogens (tertiary/aromatic N) is 1. The monoisotopic (exact) mass is 446 g/mol. The van der Waals surface area contributed by atoms with Gasteiger partial charge in [0.05, 0.1) is 26.3 Å². The van der Waals surface area contributed by atoms with Crippen molar-refractivity contribution in [3.63, 3.8) is 0 Å². The predicted octanol–water partition coefficient (Wildman–Crippen LogP) is 3.52. The molecule has 2 aromatic rings. The van der Waals surface area contributed by atoms with Crippen molar-refractivity contribution in [3.05, 3.63) is 34.8 Å². The lowest BCUT2D eigenvalue weighted by atomic mass is 9.96. The number of amides is 3. The molecule has 3 rings (SSSR count). The van der Waals surface area contributed by atoms with E-state index in [9.17, 15) is 9.59 Å². The van der Waals surface area contributed by atoms with Crippen LogP contribution >= 0.6 is 11.3 Å². The zero-order valence-electron chi connectivity index (χ0n) is 18.0. The number of carbonyl (C=O) groups is 2. The van der Waals surface area contributed by atoms with E-state index in [4.69, 9.17) is 9.47 Å². The quantitative estimate of drug-likeness (QED) is 0.547. The Balaban J connectivity index is 1.40. The first-order valence-corrected chi connectivity index (χ1v) is 11.4. The van der Waals surface area contributed by atoms with Crippen LogP contribution in [-0.4, -0.2) is 43.7 Å². The van der Waals surface area contributed by atoms with Gasteiger partial charge in [-0.05, 0) is 37.0 Å². The Morgan fingerprint density at radius 2 is 1.90 bits per heavy atom. The molecule has 1 aliphatic carbocycles. The van der Waals surface area contributed by atoms with E-state index in [0.717, 1.165) is 31.2 Å². The summed E-state index contributed by atoms with van der Waals surface area (Å²) in [5.74, 6) is 1.24. The first-order valence-electron chi connectivity index (χ1n) is 10.6. The number of ether oxygens (including phenoxy) is 2. The van der Waals surface area contributed by atoms with Crippen LogP contribution in [0.1, 0.15) is 43.4 Å². The van der Waals surface area contributed by atoms with Crippen LogP contribution in [-0.2, 0) is 17.6 Å². The van der Waals surface area contributed by atoms with E-state index in [1.807, 2.05) is 18.2 Å². The molecule has 0 radical (unpaired) electrons. The number of anilines is 1. The molecule has 168 valence electrons. The second kappa shape index (κ2) is 11.5. The molecule has 1 heterocycles. The van der Waals surface area contributed by atoms with Crippen LogP contribution in [0.4, 0.5) is 9.93 Å². The van der Waals surface area contributed by atoms with E-state index < -0.39 is 0 Å². The maximum atomic E-state index is 12.2. The molecule has 0 saturated heterocycles. The standard InChI is InChI=1S/C22H30N4O4S/c1-29-18-9-8-15(12-19(18)30-2)10-11-23-20(27)13-17-14-31-22(25-17)26-21(28)24-16-6-4-3-5-7-16/h8-9,12,14,16H,3-7,10-11,13H2,1-2H3,(H,23,27)(H2,24,25,26,28). The van der Waals surface area contributed by atoms with Crippen LogP contribution in [0.2, 0.25) is 0 Å². The fraction of sp³-hybridized carbons (Fsp3) is 0.500. The van der Waals surface area contributed by atoms with Gasteiger partial charge in [-0.2, -0.15) is 0 Å². The Kier molecular flexibility index (Phi) is 8.52. The SMILES string of the molecule is COc1ccc(CCNC(=O)Cc2csc(NC(=O)NC3CCCCC3)n2)cc1OC. The van der Waals surface area contributed by atoms with Crippen molar-refractivity contribution in [2.45, 2.75) is 51.0 Å². The van der Waals surface area contributed by atoms with Gasteiger partial charge in [-0.25, -0.2) is 9.78 Å². The fourth-order valence-corrected chi connectivity index (χ4v) is 4.33. The fourth-order valence-electron chi connectivity index (χ4n) is 3.62. The van der Waals surface area contributed by atoms with Gasteiger partial charge in [-0.3, -0.25) is 10.1 Å². The number of hydrogen-bond donors (Lipinski definition) is 3. The third kappa shape index (κ3) is 7.13. The number of hydrogen-bond acceptors (Lipinski definition) is 6. The van der Waals surface area contributed by atoms with Gasteiger partial charge in [0.1, 0.15) is 0 Å². The minimum atomic E-state index is -0.229. The van der Waals surface area contributed by atoms with E-state index >= 15 is 0 Å². The molecule has 0 unspecified atom stereocenters. The Hall–Kier alpha value is -2.81. The highest BCUT2D eigenvalue weighted by atomic mass is 32.1. The Morgan fingerprint density at radius 3 is 2.65 bits per heavy atom. The van der Waals surface area contributed by atoms with Crippen LogP contribution in [0.15, 0.2) is 23.6 Å². The van der Waals surface area contributed by atoms with E-state index in [1.54, 1.807) is 19.6 Å². The van der Waals surface area contributed by atoms with Crippen molar-refractivity contribution in [2.24, 2.45) is 0 Å². The average molecular weight is 447 g/mol. The third-order valence-corrected chi connectivity index (χ3v) is 6.04. The summed E-state index contributed by atoms with van der Waals surface area (Å²) in [6.07, 6.45) is 6.47. The van der Waals surface area contributed by atoms with Crippen LogP contribution in [0.25, 0.3) is 0 Å². The lowest BCUT2D eigenvalue weighted by Crippen LogP contribution is -2.39. The zero-order valence-corrected chi connectivity index (χ0v) is 18.8. The first-order chi connectivity index (χ1) is 15.1. The molecule has 0 atom stereocenters. The van der Waals surface area contributed by atoms with Crippen LogP contribution in [0, 0.1) is 0 Å². The lowest BCUT2D eigenvalue weighted by molar-refractivity contribution is -0.120. The van der Waals surface area contributed by atoms with Gasteiger partial charge in [-0.1, -0.05) is 25.3 Å². The van der Waals surface area contributed by atoms with Crippen molar-refractivity contribution >= 4 is 28.4 Å². The smallest absolute Gasteiger partial charge is 0.321 e. The molecule has 1 aromatic heterocycles. The molecule has 1 saturated carbocycles. The largest absolute Gasteiger partial charge is 0.493 e. The predicted molar refractivity (Wildman–Crippen MR) is 121 cm³/mol. The molecule has 9 heteroatoms. The summed E-state index contributed by atoms with van der Waals surface area (Å²) in [4.78, 5) is 28.7. The van der Waals surface area contributed by atoms with Crippen molar-refractivity contribution in [1.82, 2.24) is 15.6 Å². The maximum absolute atomic E-state index is 12.2. The van der Waals surface area contributed by atoms with E-state index in [1.165, 1.54) is 17.8 Å². The van der Waals surface area contributed by atoms with Crippen molar-refractivity contribution in [2.75, 3.05) is 26.1 Å². The number of nitrogens with one attached hydrogen (secondary N) is 3. The minimum Gasteiger partial charge on any atom is -0.493 e. The van der Waals surface area contributed by atoms with E-state index in [2.05, 4.69) is 20.9 Å². The van der Waals surface area contributed by atoms with Gasteiger partial charge < -0.3 is 20.1 Å². The van der Waals surface area contributed by atoms with Crippen LogP contribution < -0.4 is 25.4 Å². The first kappa shape index (κ1) is 22.9. The molecule has 8 nitrogen and oxygen atoms in total. The third-order valence-electron chi connectivity index (χ3n) is 5.24. The summed E-state index contributed by atoms with van der Waals surface area (Å²) in [6, 6.07) is 5.72. The van der Waals surface area contributed by atoms with E-state index in [-0.39, 0.29) is 24.4 Å². The molecule has 1 aromatic carbocycles. The molecule has 31 heavy (non-hydrogen) atoms. The highest BCUT2D eigenvalue weighted by Crippen LogP contribution is 2.27. The molecular formula is C22H30N4O4S. The number of rotatable bonds is 9. The average Bonchev–Trinajstić information content (AvgIpc) is 3.20. The summed E-state index contributed by atoms with van der Waals surface area (Å²) in [5.41, 5.74) is 1.68. The number of benzene rings is 1. The summed E-state index contributed by atoms with van der Waals surface area (Å²) >= 11 is 1.32. The van der Waals surface area contributed by atoms with E-state index in [0.29, 0.717) is 35.3 Å². The second-order valence-electron chi connectivity index (χ2n) is 7.54. The van der Waals surface area contributed by atoms with Crippen LogP contribution in [0.3, 0.4) is 0 Å². The molecule has 3 amide bonds. The Morgan fingerprint density at radius 1 is 1.13 bits per heavy atom. The lowest BCUT2D eigenvalue weighted by Gasteiger charge is -2.22. The molecule has 1 aliphatic rings.